The SMILES string of the molecule is CN(Cc1ccccn1)C(=O)Cc1cccc(N)c1. The zero-order chi connectivity index (χ0) is 13.7. The highest BCUT2D eigenvalue weighted by Gasteiger charge is 2.10. The summed E-state index contributed by atoms with van der Waals surface area (Å²) in [4.78, 5) is 18.0. The highest BCUT2D eigenvalue weighted by Crippen LogP contribution is 2.09. The lowest BCUT2D eigenvalue weighted by atomic mass is 10.1. The second kappa shape index (κ2) is 6.00. The van der Waals surface area contributed by atoms with Gasteiger partial charge in [-0.3, -0.25) is 9.78 Å². The Balaban J connectivity index is 1.96. The van der Waals surface area contributed by atoms with E-state index in [0.29, 0.717) is 18.7 Å². The summed E-state index contributed by atoms with van der Waals surface area (Å²) in [6.45, 7) is 0.516. The maximum absolute atomic E-state index is 12.1. The predicted octanol–water partition coefficient (Wildman–Crippen LogP) is 1.86. The van der Waals surface area contributed by atoms with Crippen molar-refractivity contribution in [3.05, 3.63) is 59.9 Å². The lowest BCUT2D eigenvalue weighted by Gasteiger charge is -2.16. The predicted molar refractivity (Wildman–Crippen MR) is 75.3 cm³/mol. The highest BCUT2D eigenvalue weighted by molar-refractivity contribution is 5.78. The molecule has 0 bridgehead atoms. The van der Waals surface area contributed by atoms with E-state index in [4.69, 9.17) is 5.73 Å². The Morgan fingerprint density at radius 2 is 2.11 bits per heavy atom. The number of nitrogens with zero attached hydrogens (tertiary/aromatic N) is 2. The molecule has 2 rings (SSSR count). The van der Waals surface area contributed by atoms with Crippen molar-refractivity contribution in [3.63, 3.8) is 0 Å². The molecule has 0 aliphatic rings. The molecule has 0 saturated heterocycles. The Hall–Kier alpha value is -2.36. The van der Waals surface area contributed by atoms with Gasteiger partial charge in [0.2, 0.25) is 5.91 Å². The molecule has 0 fully saturated rings. The number of carbonyl (C=O) groups excluding carboxylic acids is 1. The molecule has 0 saturated carbocycles. The van der Waals surface area contributed by atoms with Gasteiger partial charge in [-0.15, -0.1) is 0 Å². The Labute approximate surface area is 112 Å². The first kappa shape index (κ1) is 13.1. The van der Waals surface area contributed by atoms with Gasteiger partial charge in [-0.1, -0.05) is 18.2 Å². The number of nitrogen functional groups attached to an aromatic ring is 1. The van der Waals surface area contributed by atoms with Crippen LogP contribution in [0.3, 0.4) is 0 Å². The Bertz CT molecular complexity index is 554. The molecule has 0 atom stereocenters. The number of nitrogens with two attached hydrogens (primary N) is 1. The minimum Gasteiger partial charge on any atom is -0.399 e. The largest absolute Gasteiger partial charge is 0.399 e. The normalized spacial score (nSPS) is 10.2. The van der Waals surface area contributed by atoms with Gasteiger partial charge in [0, 0.05) is 18.9 Å². The van der Waals surface area contributed by atoms with E-state index in [0.717, 1.165) is 11.3 Å². The van der Waals surface area contributed by atoms with Crippen LogP contribution in [-0.4, -0.2) is 22.8 Å². The average molecular weight is 255 g/mol. The minimum atomic E-state index is 0.0521. The fourth-order valence-corrected chi connectivity index (χ4v) is 1.84. The first-order valence-corrected chi connectivity index (χ1v) is 6.13. The molecule has 4 heteroatoms. The van der Waals surface area contributed by atoms with Gasteiger partial charge in [-0.25, -0.2) is 0 Å². The van der Waals surface area contributed by atoms with Crippen LogP contribution in [0, 0.1) is 0 Å². The molecular weight excluding hydrogens is 238 g/mol. The molecule has 2 aromatic rings. The van der Waals surface area contributed by atoms with Crippen LogP contribution < -0.4 is 5.73 Å². The molecule has 0 spiro atoms. The lowest BCUT2D eigenvalue weighted by molar-refractivity contribution is -0.129. The summed E-state index contributed by atoms with van der Waals surface area (Å²) in [6, 6.07) is 13.1. The molecule has 0 aliphatic carbocycles. The number of anilines is 1. The van der Waals surface area contributed by atoms with E-state index >= 15 is 0 Å². The molecule has 1 aromatic heterocycles. The van der Waals surface area contributed by atoms with Gasteiger partial charge in [0.1, 0.15) is 0 Å². The van der Waals surface area contributed by atoms with E-state index in [1.165, 1.54) is 0 Å². The van der Waals surface area contributed by atoms with Crippen LogP contribution in [-0.2, 0) is 17.8 Å². The third-order valence-electron chi connectivity index (χ3n) is 2.86. The highest BCUT2D eigenvalue weighted by atomic mass is 16.2. The Morgan fingerprint density at radius 1 is 1.26 bits per heavy atom. The van der Waals surface area contributed by atoms with Gasteiger partial charge in [0.15, 0.2) is 0 Å². The van der Waals surface area contributed by atoms with Crippen molar-refractivity contribution in [3.8, 4) is 0 Å². The fraction of sp³-hybridized carbons (Fsp3) is 0.200. The van der Waals surface area contributed by atoms with Crippen LogP contribution in [0.2, 0.25) is 0 Å². The smallest absolute Gasteiger partial charge is 0.227 e. The molecule has 0 aliphatic heterocycles. The molecule has 98 valence electrons. The maximum Gasteiger partial charge on any atom is 0.227 e. The standard InChI is InChI=1S/C15H17N3O/c1-18(11-14-7-2-3-8-17-14)15(19)10-12-5-4-6-13(16)9-12/h2-9H,10-11,16H2,1H3. The number of benzene rings is 1. The zero-order valence-corrected chi connectivity index (χ0v) is 10.9. The van der Waals surface area contributed by atoms with E-state index in [9.17, 15) is 4.79 Å². The quantitative estimate of drug-likeness (QED) is 0.848. The molecule has 1 amide bonds. The monoisotopic (exact) mass is 255 g/mol. The van der Waals surface area contributed by atoms with Crippen molar-refractivity contribution in [2.45, 2.75) is 13.0 Å². The number of rotatable bonds is 4. The summed E-state index contributed by atoms with van der Waals surface area (Å²) in [5.41, 5.74) is 8.19. The summed E-state index contributed by atoms with van der Waals surface area (Å²) >= 11 is 0. The van der Waals surface area contributed by atoms with Crippen molar-refractivity contribution < 1.29 is 4.79 Å². The molecule has 19 heavy (non-hydrogen) atoms. The number of pyridine rings is 1. The molecule has 0 unspecified atom stereocenters. The molecule has 2 N–H and O–H groups in total. The number of hydrogen-bond donors (Lipinski definition) is 1. The van der Waals surface area contributed by atoms with Crippen molar-refractivity contribution in [2.75, 3.05) is 12.8 Å². The summed E-state index contributed by atoms with van der Waals surface area (Å²) in [7, 11) is 1.78. The Morgan fingerprint density at radius 3 is 2.79 bits per heavy atom. The molecule has 1 aromatic carbocycles. The van der Waals surface area contributed by atoms with Crippen molar-refractivity contribution in [1.29, 1.82) is 0 Å². The summed E-state index contributed by atoms with van der Waals surface area (Å²) < 4.78 is 0. The second-order valence-electron chi connectivity index (χ2n) is 4.49. The third-order valence-corrected chi connectivity index (χ3v) is 2.86. The van der Waals surface area contributed by atoms with Gasteiger partial charge in [0.05, 0.1) is 18.7 Å². The molecule has 0 radical (unpaired) electrons. The first-order chi connectivity index (χ1) is 9.15. The van der Waals surface area contributed by atoms with E-state index in [-0.39, 0.29) is 5.91 Å². The van der Waals surface area contributed by atoms with Gasteiger partial charge >= 0.3 is 0 Å². The number of amides is 1. The fourth-order valence-electron chi connectivity index (χ4n) is 1.84. The number of aromatic nitrogens is 1. The van der Waals surface area contributed by atoms with E-state index in [2.05, 4.69) is 4.98 Å². The molecular formula is C15H17N3O. The van der Waals surface area contributed by atoms with Crippen LogP contribution in [0.15, 0.2) is 48.7 Å². The topological polar surface area (TPSA) is 59.2 Å². The molecule has 1 heterocycles. The number of likely N-dealkylation sites (N-methyl/N-ethyl adjacent to an activating group) is 1. The number of hydrogen-bond acceptors (Lipinski definition) is 3. The second-order valence-corrected chi connectivity index (χ2v) is 4.49. The first-order valence-electron chi connectivity index (χ1n) is 6.13. The maximum atomic E-state index is 12.1. The van der Waals surface area contributed by atoms with Gasteiger partial charge < -0.3 is 10.6 Å². The van der Waals surface area contributed by atoms with Crippen LogP contribution in [0.4, 0.5) is 5.69 Å². The zero-order valence-electron chi connectivity index (χ0n) is 10.9. The van der Waals surface area contributed by atoms with Crippen molar-refractivity contribution >= 4 is 11.6 Å². The minimum absolute atomic E-state index is 0.0521. The van der Waals surface area contributed by atoms with E-state index in [1.807, 2.05) is 42.5 Å². The van der Waals surface area contributed by atoms with Crippen LogP contribution in [0.1, 0.15) is 11.3 Å². The Kier molecular flexibility index (Phi) is 4.13. The van der Waals surface area contributed by atoms with E-state index in [1.54, 1.807) is 18.1 Å². The lowest BCUT2D eigenvalue weighted by Crippen LogP contribution is -2.28. The summed E-state index contributed by atoms with van der Waals surface area (Å²) in [6.07, 6.45) is 2.08. The van der Waals surface area contributed by atoms with Gasteiger partial charge in [-0.2, -0.15) is 0 Å². The number of carbonyl (C=O) groups is 1. The average Bonchev–Trinajstić information content (AvgIpc) is 2.40. The van der Waals surface area contributed by atoms with Crippen LogP contribution >= 0.6 is 0 Å². The van der Waals surface area contributed by atoms with Gasteiger partial charge in [-0.05, 0) is 29.8 Å². The van der Waals surface area contributed by atoms with Crippen LogP contribution in [0.5, 0.6) is 0 Å². The van der Waals surface area contributed by atoms with Crippen LogP contribution in [0.25, 0.3) is 0 Å². The van der Waals surface area contributed by atoms with Gasteiger partial charge in [0.25, 0.3) is 0 Å². The van der Waals surface area contributed by atoms with E-state index < -0.39 is 0 Å². The molecule has 4 nitrogen and oxygen atoms in total. The third kappa shape index (κ3) is 3.81. The van der Waals surface area contributed by atoms with Crippen molar-refractivity contribution in [1.82, 2.24) is 9.88 Å². The van der Waals surface area contributed by atoms with Crippen molar-refractivity contribution in [2.24, 2.45) is 0 Å². The summed E-state index contributed by atoms with van der Waals surface area (Å²) in [5.74, 6) is 0.0521. The summed E-state index contributed by atoms with van der Waals surface area (Å²) in [5, 5.41) is 0.